The van der Waals surface area contributed by atoms with Crippen LogP contribution >= 0.6 is 0 Å². The molecule has 55 heavy (non-hydrogen) atoms. The van der Waals surface area contributed by atoms with Crippen molar-refractivity contribution in [2.24, 2.45) is 17.8 Å². The van der Waals surface area contributed by atoms with E-state index in [0.717, 1.165) is 5.57 Å². The van der Waals surface area contributed by atoms with Gasteiger partial charge in [-0.05, 0) is 73.9 Å². The predicted octanol–water partition coefficient (Wildman–Crippen LogP) is 3.69. The average Bonchev–Trinajstić information content (AvgIpc) is 3.42. The summed E-state index contributed by atoms with van der Waals surface area (Å²) in [5.41, 5.74) is -3.09. The lowest BCUT2D eigenvalue weighted by Crippen LogP contribution is -2.60. The number of hydrogen-bond acceptors (Lipinski definition) is 15. The molecule has 4 heterocycles. The normalized spacial score (nSPS) is 43.0. The van der Waals surface area contributed by atoms with Crippen LogP contribution in [0.25, 0.3) is 0 Å². The van der Waals surface area contributed by atoms with Gasteiger partial charge in [0.1, 0.15) is 47.0 Å². The minimum Gasteiger partial charge on any atom is -0.488 e. The van der Waals surface area contributed by atoms with Gasteiger partial charge in [0.2, 0.25) is 0 Å². The quantitative estimate of drug-likeness (QED) is 0.203. The Bertz CT molecular complexity index is 1410. The zero-order valence-electron chi connectivity index (χ0n) is 35.2. The Hall–Kier alpha value is -2.37. The zero-order valence-corrected chi connectivity index (χ0v) is 35.2. The summed E-state index contributed by atoms with van der Waals surface area (Å²) in [7, 11) is 3.30. The largest absolute Gasteiger partial charge is 0.488 e. The highest BCUT2D eigenvalue weighted by atomic mass is 16.7. The molecule has 4 rings (SSSR count). The molecular formula is C40H67NO14. The highest BCUT2D eigenvalue weighted by Crippen LogP contribution is 2.48. The van der Waals surface area contributed by atoms with Crippen LogP contribution < -0.4 is 5.32 Å². The SMILES string of the molecule is CC[C@@H](OC(C)=O)[C@@](C)(O)[C@@H]1OC(=O)[C@H](C)[C@@H](OC2C[C@@](C)(OC)[C@@H](OC(C)=O)[C@H](C)O2)[C@H](C)[C@@H](OC2O[C@H](C)C[C@H](NC)[C@H]2O)[C@@]2(C)CC(C)=C(O2)[C@@H]1C. The van der Waals surface area contributed by atoms with Crippen LogP contribution in [-0.2, 0) is 57.0 Å². The molecule has 0 aromatic rings. The van der Waals surface area contributed by atoms with Gasteiger partial charge < -0.3 is 58.2 Å². The van der Waals surface area contributed by atoms with E-state index in [4.69, 9.17) is 42.6 Å². The van der Waals surface area contributed by atoms with Gasteiger partial charge in [0.15, 0.2) is 18.7 Å². The molecule has 0 radical (unpaired) electrons. The molecule has 0 saturated carbocycles. The maximum atomic E-state index is 14.5. The number of fused-ring (bicyclic) bond motifs is 2. The number of methoxy groups -OCH3 is 1. The number of aliphatic hydroxyl groups excluding tert-OH is 1. The average molecular weight is 786 g/mol. The molecule has 0 aliphatic carbocycles. The molecule has 0 aromatic carbocycles. The van der Waals surface area contributed by atoms with Crippen molar-refractivity contribution in [2.45, 2.75) is 193 Å². The summed E-state index contributed by atoms with van der Waals surface area (Å²) in [6, 6.07) is -0.304. The van der Waals surface area contributed by atoms with Crippen molar-refractivity contribution in [3.8, 4) is 0 Å². The smallest absolute Gasteiger partial charge is 0.311 e. The second kappa shape index (κ2) is 17.6. The van der Waals surface area contributed by atoms with Crippen LogP contribution in [0.3, 0.4) is 0 Å². The zero-order chi connectivity index (χ0) is 41.4. The number of carbonyl (C=O) groups is 3. The van der Waals surface area contributed by atoms with Crippen LogP contribution in [0, 0.1) is 17.8 Å². The van der Waals surface area contributed by atoms with E-state index in [0.29, 0.717) is 18.6 Å². The molecule has 3 saturated heterocycles. The highest BCUT2D eigenvalue weighted by Gasteiger charge is 2.57. The van der Waals surface area contributed by atoms with E-state index in [1.807, 2.05) is 41.5 Å². The number of ether oxygens (including phenoxy) is 9. The van der Waals surface area contributed by atoms with E-state index in [1.165, 1.54) is 27.9 Å². The Kier molecular flexibility index (Phi) is 14.5. The summed E-state index contributed by atoms with van der Waals surface area (Å²) >= 11 is 0. The fourth-order valence-corrected chi connectivity index (χ4v) is 9.31. The second-order valence-corrected chi connectivity index (χ2v) is 16.9. The van der Waals surface area contributed by atoms with Gasteiger partial charge in [0, 0.05) is 45.8 Å². The molecule has 15 nitrogen and oxygen atoms in total. The predicted molar refractivity (Wildman–Crippen MR) is 198 cm³/mol. The van der Waals surface area contributed by atoms with Crippen LogP contribution in [0.4, 0.5) is 0 Å². The third-order valence-electron chi connectivity index (χ3n) is 12.2. The molecule has 0 amide bonds. The maximum Gasteiger partial charge on any atom is 0.311 e. The number of rotatable bonds is 11. The van der Waals surface area contributed by atoms with Crippen molar-refractivity contribution in [3.63, 3.8) is 0 Å². The first-order valence-electron chi connectivity index (χ1n) is 19.7. The minimum absolute atomic E-state index is 0.141. The van der Waals surface area contributed by atoms with Crippen LogP contribution in [0.1, 0.15) is 109 Å². The molecule has 2 unspecified atom stereocenters. The Balaban J connectivity index is 1.84. The minimum atomic E-state index is -1.84. The molecule has 0 aromatic heterocycles. The highest BCUT2D eigenvalue weighted by molar-refractivity contribution is 5.73. The fraction of sp³-hybridized carbons (Fsp3) is 0.875. The lowest BCUT2D eigenvalue weighted by Gasteiger charge is -2.48. The molecule has 316 valence electrons. The van der Waals surface area contributed by atoms with Crippen LogP contribution in [0.15, 0.2) is 11.3 Å². The molecule has 3 N–H and O–H groups in total. The van der Waals surface area contributed by atoms with Crippen LogP contribution in [0.5, 0.6) is 0 Å². The van der Waals surface area contributed by atoms with Gasteiger partial charge in [-0.2, -0.15) is 0 Å². The molecule has 15 heteroatoms. The first-order chi connectivity index (χ1) is 25.5. The third-order valence-corrected chi connectivity index (χ3v) is 12.2. The van der Waals surface area contributed by atoms with Crippen molar-refractivity contribution in [3.05, 3.63) is 11.3 Å². The number of cyclic esters (lactones) is 1. The Morgan fingerprint density at radius 1 is 1.04 bits per heavy atom. The molecule has 17 atom stereocenters. The van der Waals surface area contributed by atoms with E-state index < -0.39 is 108 Å². The summed E-state index contributed by atoms with van der Waals surface area (Å²) in [5.74, 6) is -3.56. The van der Waals surface area contributed by atoms with E-state index in [9.17, 15) is 24.6 Å². The molecule has 0 spiro atoms. The van der Waals surface area contributed by atoms with E-state index in [2.05, 4.69) is 5.32 Å². The molecule has 4 aliphatic heterocycles. The topological polar surface area (TPSA) is 187 Å². The number of likely N-dealkylation sites (N-methyl/N-ethyl adjacent to an activating group) is 1. The summed E-state index contributed by atoms with van der Waals surface area (Å²) in [6.45, 7) is 20.6. The van der Waals surface area contributed by atoms with Gasteiger partial charge in [0.25, 0.3) is 0 Å². The van der Waals surface area contributed by atoms with E-state index in [-0.39, 0.29) is 25.0 Å². The van der Waals surface area contributed by atoms with Gasteiger partial charge in [0.05, 0.1) is 30.1 Å². The number of esters is 3. The van der Waals surface area contributed by atoms with Crippen molar-refractivity contribution in [2.75, 3.05) is 14.2 Å². The Morgan fingerprint density at radius 2 is 1.69 bits per heavy atom. The standard InChI is InChI=1S/C40H67NO14/c1-15-28(50-25(8)42)40(12,46)34-21(4)31-19(2)17-39(11,55-31)33(54-37-30(44)27(41-13)16-20(3)48-37)22(5)32(23(6)36(45)53-34)52-29-18-38(10,47-14)35(24(7)49-29)51-26(9)43/h20-24,27-30,32-35,37,41,44,46H,15-18H2,1-14H3/t20-,21+,22+,23-,24+,27+,28-,29?,30-,32+,33-,34-,35+,37?,38-,39-,40-/m1/s1. The van der Waals surface area contributed by atoms with Gasteiger partial charge >= 0.3 is 17.9 Å². The van der Waals surface area contributed by atoms with Crippen molar-refractivity contribution < 1.29 is 67.2 Å². The van der Waals surface area contributed by atoms with E-state index in [1.54, 1.807) is 27.8 Å². The third kappa shape index (κ3) is 9.51. The van der Waals surface area contributed by atoms with Gasteiger partial charge in [-0.25, -0.2) is 0 Å². The first-order valence-corrected chi connectivity index (χ1v) is 19.7. The fourth-order valence-electron chi connectivity index (χ4n) is 9.31. The van der Waals surface area contributed by atoms with Gasteiger partial charge in [-0.15, -0.1) is 0 Å². The number of carbonyl (C=O) groups excluding carboxylic acids is 3. The lowest BCUT2D eigenvalue weighted by molar-refractivity contribution is -0.315. The van der Waals surface area contributed by atoms with E-state index >= 15 is 0 Å². The number of aliphatic hydroxyl groups is 2. The Morgan fingerprint density at radius 3 is 2.25 bits per heavy atom. The van der Waals surface area contributed by atoms with Crippen LogP contribution in [0.2, 0.25) is 0 Å². The van der Waals surface area contributed by atoms with Crippen molar-refractivity contribution in [1.82, 2.24) is 5.32 Å². The number of nitrogens with one attached hydrogen (secondary N) is 1. The van der Waals surface area contributed by atoms with Crippen molar-refractivity contribution in [1.29, 1.82) is 0 Å². The monoisotopic (exact) mass is 785 g/mol. The summed E-state index contributed by atoms with van der Waals surface area (Å²) in [6.07, 6.45) is -7.36. The van der Waals surface area contributed by atoms with Crippen molar-refractivity contribution >= 4 is 17.9 Å². The Labute approximate surface area is 326 Å². The number of hydrogen-bond donors (Lipinski definition) is 3. The summed E-state index contributed by atoms with van der Waals surface area (Å²) < 4.78 is 56.6. The van der Waals surface area contributed by atoms with Crippen LogP contribution in [-0.4, -0.2) is 127 Å². The second-order valence-electron chi connectivity index (χ2n) is 16.9. The van der Waals surface area contributed by atoms with Gasteiger partial charge in [-0.1, -0.05) is 20.8 Å². The maximum absolute atomic E-state index is 14.5. The lowest BCUT2D eigenvalue weighted by atomic mass is 9.78. The summed E-state index contributed by atoms with van der Waals surface area (Å²) in [5, 5.41) is 26.8. The van der Waals surface area contributed by atoms with Gasteiger partial charge in [-0.3, -0.25) is 14.4 Å². The summed E-state index contributed by atoms with van der Waals surface area (Å²) in [4.78, 5) is 38.7. The first kappa shape index (κ1) is 45.3. The molecule has 4 aliphatic rings. The molecule has 2 bridgehead atoms. The molecule has 3 fully saturated rings. The molecular weight excluding hydrogens is 718 g/mol.